The lowest BCUT2D eigenvalue weighted by molar-refractivity contribution is -0.125. The van der Waals surface area contributed by atoms with Crippen molar-refractivity contribution < 1.29 is 9.59 Å². The highest BCUT2D eigenvalue weighted by atomic mass is 16.2. The maximum absolute atomic E-state index is 11.7. The van der Waals surface area contributed by atoms with Crippen molar-refractivity contribution in [3.05, 3.63) is 30.3 Å². The van der Waals surface area contributed by atoms with Crippen molar-refractivity contribution in [2.75, 3.05) is 5.32 Å². The molecule has 0 atom stereocenters. The number of rotatable bonds is 1. The number of anilines is 1. The van der Waals surface area contributed by atoms with E-state index in [2.05, 4.69) is 10.4 Å². The Kier molecular flexibility index (Phi) is 2.68. The van der Waals surface area contributed by atoms with Gasteiger partial charge in [0.15, 0.2) is 0 Å². The van der Waals surface area contributed by atoms with Crippen molar-refractivity contribution in [2.45, 2.75) is 13.3 Å². The highest BCUT2D eigenvalue weighted by Gasteiger charge is 2.27. The number of nitrogens with one attached hydrogen (secondary N) is 1. The van der Waals surface area contributed by atoms with Gasteiger partial charge in [-0.25, -0.2) is 4.79 Å². The van der Waals surface area contributed by atoms with E-state index in [-0.39, 0.29) is 12.3 Å². The summed E-state index contributed by atoms with van der Waals surface area (Å²) in [7, 11) is 0. The van der Waals surface area contributed by atoms with Crippen LogP contribution in [-0.2, 0) is 4.79 Å². The van der Waals surface area contributed by atoms with Crippen LogP contribution in [0.5, 0.6) is 0 Å². The van der Waals surface area contributed by atoms with Crippen molar-refractivity contribution in [1.29, 1.82) is 0 Å². The molecular weight excluding hydrogens is 206 g/mol. The Morgan fingerprint density at radius 1 is 1.38 bits per heavy atom. The van der Waals surface area contributed by atoms with Crippen LogP contribution < -0.4 is 5.32 Å². The quantitative estimate of drug-likeness (QED) is 0.780. The molecule has 0 aliphatic carbocycles. The Labute approximate surface area is 92.7 Å². The molecule has 0 saturated heterocycles. The molecule has 2 rings (SSSR count). The fourth-order valence-corrected chi connectivity index (χ4v) is 1.41. The normalized spacial score (nSPS) is 14.9. The van der Waals surface area contributed by atoms with Crippen LogP contribution in [0.4, 0.5) is 10.5 Å². The highest BCUT2D eigenvalue weighted by Crippen LogP contribution is 2.11. The molecule has 0 bridgehead atoms. The predicted molar refractivity (Wildman–Crippen MR) is 60.0 cm³/mol. The van der Waals surface area contributed by atoms with Crippen LogP contribution in [0, 0.1) is 0 Å². The molecule has 0 aromatic heterocycles. The second kappa shape index (κ2) is 4.14. The number of amides is 3. The van der Waals surface area contributed by atoms with E-state index in [9.17, 15) is 9.59 Å². The minimum Gasteiger partial charge on any atom is -0.306 e. The molecule has 1 N–H and O–H groups in total. The van der Waals surface area contributed by atoms with Crippen molar-refractivity contribution in [3.8, 4) is 0 Å². The Morgan fingerprint density at radius 2 is 2.06 bits per heavy atom. The van der Waals surface area contributed by atoms with Crippen molar-refractivity contribution in [2.24, 2.45) is 5.10 Å². The predicted octanol–water partition coefficient (Wildman–Crippen LogP) is 1.83. The van der Waals surface area contributed by atoms with Crippen LogP contribution in [0.2, 0.25) is 0 Å². The summed E-state index contributed by atoms with van der Waals surface area (Å²) < 4.78 is 0. The molecule has 0 fully saturated rings. The average Bonchev–Trinajstić information content (AvgIpc) is 2.59. The lowest BCUT2D eigenvalue weighted by Crippen LogP contribution is -2.32. The summed E-state index contributed by atoms with van der Waals surface area (Å²) in [6.45, 7) is 1.72. The summed E-state index contributed by atoms with van der Waals surface area (Å²) in [4.78, 5) is 23.0. The van der Waals surface area contributed by atoms with Crippen LogP contribution in [0.1, 0.15) is 13.3 Å². The number of hydrazone groups is 1. The molecule has 1 aromatic carbocycles. The van der Waals surface area contributed by atoms with Gasteiger partial charge in [-0.2, -0.15) is 5.10 Å². The Hall–Kier alpha value is -2.17. The van der Waals surface area contributed by atoms with Crippen molar-refractivity contribution in [3.63, 3.8) is 0 Å². The third kappa shape index (κ3) is 2.08. The van der Waals surface area contributed by atoms with Gasteiger partial charge >= 0.3 is 6.03 Å². The number of carbonyl (C=O) groups is 2. The molecule has 5 heteroatoms. The van der Waals surface area contributed by atoms with Crippen LogP contribution in [0.3, 0.4) is 0 Å². The number of imide groups is 1. The fourth-order valence-electron chi connectivity index (χ4n) is 1.41. The monoisotopic (exact) mass is 217 g/mol. The second-order valence-electron chi connectivity index (χ2n) is 3.51. The molecule has 0 saturated carbocycles. The smallest absolute Gasteiger partial charge is 0.306 e. The van der Waals surface area contributed by atoms with E-state index in [1.54, 1.807) is 31.2 Å². The minimum atomic E-state index is -0.520. The van der Waals surface area contributed by atoms with Gasteiger partial charge in [0.2, 0.25) is 0 Å². The number of urea groups is 1. The largest absolute Gasteiger partial charge is 0.349 e. The van der Waals surface area contributed by atoms with Crippen LogP contribution >= 0.6 is 0 Å². The van der Waals surface area contributed by atoms with E-state index in [0.29, 0.717) is 11.4 Å². The third-order valence-electron chi connectivity index (χ3n) is 2.13. The first-order valence-electron chi connectivity index (χ1n) is 4.90. The maximum Gasteiger partial charge on any atom is 0.349 e. The Morgan fingerprint density at radius 3 is 2.62 bits per heavy atom. The van der Waals surface area contributed by atoms with Gasteiger partial charge in [0.05, 0.1) is 6.42 Å². The molecule has 0 unspecified atom stereocenters. The maximum atomic E-state index is 11.7. The third-order valence-corrected chi connectivity index (χ3v) is 2.13. The summed E-state index contributed by atoms with van der Waals surface area (Å²) in [5, 5.41) is 7.31. The molecule has 1 aliphatic rings. The first-order valence-corrected chi connectivity index (χ1v) is 4.90. The van der Waals surface area contributed by atoms with Gasteiger partial charge in [0, 0.05) is 11.4 Å². The van der Waals surface area contributed by atoms with E-state index in [0.717, 1.165) is 5.01 Å². The zero-order chi connectivity index (χ0) is 11.5. The summed E-state index contributed by atoms with van der Waals surface area (Å²) >= 11 is 0. The van der Waals surface area contributed by atoms with Crippen molar-refractivity contribution >= 4 is 23.3 Å². The van der Waals surface area contributed by atoms with E-state index >= 15 is 0 Å². The molecule has 3 amide bonds. The molecular formula is C11H11N3O2. The van der Waals surface area contributed by atoms with Gasteiger partial charge in [0.25, 0.3) is 5.91 Å². The lowest BCUT2D eigenvalue weighted by atomic mass is 10.3. The fraction of sp³-hybridized carbons (Fsp3) is 0.182. The zero-order valence-corrected chi connectivity index (χ0v) is 8.80. The van der Waals surface area contributed by atoms with Gasteiger partial charge in [-0.1, -0.05) is 18.2 Å². The first-order chi connectivity index (χ1) is 7.66. The van der Waals surface area contributed by atoms with Crippen LogP contribution in [0.25, 0.3) is 0 Å². The zero-order valence-electron chi connectivity index (χ0n) is 8.80. The van der Waals surface area contributed by atoms with Crippen LogP contribution in [0.15, 0.2) is 35.4 Å². The highest BCUT2D eigenvalue weighted by molar-refractivity contribution is 6.12. The number of para-hydroxylation sites is 1. The molecule has 0 radical (unpaired) electrons. The Balaban J connectivity index is 2.07. The lowest BCUT2D eigenvalue weighted by Gasteiger charge is -2.10. The van der Waals surface area contributed by atoms with Crippen molar-refractivity contribution in [1.82, 2.24) is 5.01 Å². The van der Waals surface area contributed by atoms with Gasteiger partial charge < -0.3 is 5.32 Å². The molecule has 82 valence electrons. The van der Waals surface area contributed by atoms with Gasteiger partial charge in [0.1, 0.15) is 0 Å². The van der Waals surface area contributed by atoms with E-state index in [4.69, 9.17) is 0 Å². The molecule has 5 nitrogen and oxygen atoms in total. The molecule has 16 heavy (non-hydrogen) atoms. The number of hydrogen-bond donors (Lipinski definition) is 1. The molecule has 1 aromatic rings. The second-order valence-corrected chi connectivity index (χ2v) is 3.51. The standard InChI is InChI=1S/C11H11N3O2/c1-8-7-10(15)14(13-8)11(16)12-9-5-3-2-4-6-9/h2-6H,7H2,1H3,(H,12,16). The summed E-state index contributed by atoms with van der Waals surface area (Å²) in [6, 6.07) is 8.42. The Bertz CT molecular complexity index is 454. The number of benzene rings is 1. The number of nitrogens with zero attached hydrogens (tertiary/aromatic N) is 2. The minimum absolute atomic E-state index is 0.211. The first kappa shape index (κ1) is 10.4. The SMILES string of the molecule is CC1=NN(C(=O)Nc2ccccc2)C(=O)C1. The summed E-state index contributed by atoms with van der Waals surface area (Å²) in [5.74, 6) is -0.300. The van der Waals surface area contributed by atoms with E-state index in [1.807, 2.05) is 6.07 Å². The van der Waals surface area contributed by atoms with E-state index < -0.39 is 6.03 Å². The molecule has 0 spiro atoms. The average molecular weight is 217 g/mol. The topological polar surface area (TPSA) is 61.8 Å². The number of hydrogen-bond acceptors (Lipinski definition) is 3. The molecule has 1 heterocycles. The summed E-state index contributed by atoms with van der Waals surface area (Å²) in [5.41, 5.74) is 1.29. The van der Waals surface area contributed by atoms with Crippen LogP contribution in [-0.4, -0.2) is 22.7 Å². The summed E-state index contributed by atoms with van der Waals surface area (Å²) in [6.07, 6.45) is 0.211. The van der Waals surface area contributed by atoms with Gasteiger partial charge in [-0.15, -0.1) is 5.01 Å². The number of carbonyl (C=O) groups excluding carboxylic acids is 2. The van der Waals surface area contributed by atoms with E-state index in [1.165, 1.54) is 0 Å². The van der Waals surface area contributed by atoms with Gasteiger partial charge in [-0.05, 0) is 19.1 Å². The molecule has 1 aliphatic heterocycles. The van der Waals surface area contributed by atoms with Gasteiger partial charge in [-0.3, -0.25) is 4.79 Å².